The molecule has 0 aliphatic heterocycles. The van der Waals surface area contributed by atoms with Gasteiger partial charge in [0.2, 0.25) is 0 Å². The molecule has 2 aromatic heterocycles. The van der Waals surface area contributed by atoms with Crippen molar-refractivity contribution in [1.29, 1.82) is 0 Å². The summed E-state index contributed by atoms with van der Waals surface area (Å²) in [5.74, 6) is -0.881. The smallest absolute Gasteiger partial charge is 0.341 e. The van der Waals surface area contributed by atoms with Crippen molar-refractivity contribution in [2.45, 2.75) is 0 Å². The fourth-order valence-electron chi connectivity index (χ4n) is 1.02. The van der Waals surface area contributed by atoms with Crippen LogP contribution in [0.3, 0.4) is 0 Å². The molecule has 0 amide bonds. The van der Waals surface area contributed by atoms with Crippen LogP contribution in [0.5, 0.6) is 0 Å². The minimum absolute atomic E-state index is 0.0826. The summed E-state index contributed by atoms with van der Waals surface area (Å²) in [6, 6.07) is 0. The van der Waals surface area contributed by atoms with Crippen LogP contribution in [0, 0.1) is 10.1 Å². The van der Waals surface area contributed by atoms with Gasteiger partial charge in [0, 0.05) is 12.4 Å². The van der Waals surface area contributed by atoms with Crippen molar-refractivity contribution >= 4 is 11.6 Å². The zero-order chi connectivity index (χ0) is 10.8. The number of nitrogens with one attached hydrogen (secondary N) is 2. The summed E-state index contributed by atoms with van der Waals surface area (Å²) >= 11 is 0. The topological polar surface area (TPSA) is 118 Å². The standard InChI is InChI=1S/C7H5N5O3/c13-5(6-8-1-2-9-6)7-10-3-4(11-7)12(14)15/h1-3H,(H,8,9)(H,10,11). The second-order valence-electron chi connectivity index (χ2n) is 2.64. The third-order valence-corrected chi connectivity index (χ3v) is 1.69. The fraction of sp³-hybridized carbons (Fsp3) is 0. The highest BCUT2D eigenvalue weighted by atomic mass is 16.6. The molecule has 0 aromatic carbocycles. The lowest BCUT2D eigenvalue weighted by atomic mass is 10.3. The lowest BCUT2D eigenvalue weighted by molar-refractivity contribution is -0.389. The van der Waals surface area contributed by atoms with Crippen LogP contribution >= 0.6 is 0 Å². The Morgan fingerprint density at radius 3 is 2.73 bits per heavy atom. The van der Waals surface area contributed by atoms with Gasteiger partial charge in [0.1, 0.15) is 6.20 Å². The third kappa shape index (κ3) is 1.59. The first kappa shape index (κ1) is 9.06. The SMILES string of the molecule is O=C(c1ncc[nH]1)c1ncc([N+](=O)[O-])[nH]1. The highest BCUT2D eigenvalue weighted by Crippen LogP contribution is 2.08. The number of nitro groups is 1. The Labute approximate surface area is 82.5 Å². The van der Waals surface area contributed by atoms with Crippen LogP contribution in [0.4, 0.5) is 5.82 Å². The van der Waals surface area contributed by atoms with Crippen molar-refractivity contribution < 1.29 is 9.72 Å². The fourth-order valence-corrected chi connectivity index (χ4v) is 1.02. The van der Waals surface area contributed by atoms with Gasteiger partial charge in [0.15, 0.2) is 5.82 Å². The first-order valence-corrected chi connectivity index (χ1v) is 3.92. The molecule has 2 rings (SSSR count). The molecule has 0 aliphatic rings. The molecule has 8 heteroatoms. The zero-order valence-corrected chi connectivity index (χ0v) is 7.30. The number of H-pyrrole nitrogens is 2. The first-order chi connectivity index (χ1) is 7.18. The summed E-state index contributed by atoms with van der Waals surface area (Å²) in [7, 11) is 0. The number of carbonyl (C=O) groups is 1. The molecule has 8 nitrogen and oxygen atoms in total. The van der Waals surface area contributed by atoms with Gasteiger partial charge < -0.3 is 15.1 Å². The molecule has 0 bridgehead atoms. The molecule has 2 heterocycles. The molecule has 15 heavy (non-hydrogen) atoms. The summed E-state index contributed by atoms with van der Waals surface area (Å²) < 4.78 is 0. The molecule has 2 aromatic rings. The van der Waals surface area contributed by atoms with Crippen LogP contribution in [0.25, 0.3) is 0 Å². The maximum Gasteiger partial charge on any atom is 0.341 e. The maximum atomic E-state index is 11.5. The van der Waals surface area contributed by atoms with E-state index in [0.717, 1.165) is 6.20 Å². The van der Waals surface area contributed by atoms with E-state index >= 15 is 0 Å². The summed E-state index contributed by atoms with van der Waals surface area (Å²) in [4.78, 5) is 33.4. The minimum Gasteiger partial charge on any atom is -0.358 e. The number of hydrogen-bond donors (Lipinski definition) is 2. The second kappa shape index (κ2) is 3.33. The summed E-state index contributed by atoms with van der Waals surface area (Å²) in [5.41, 5.74) is 0. The maximum absolute atomic E-state index is 11.5. The Bertz CT molecular complexity index is 500. The number of hydrogen-bond acceptors (Lipinski definition) is 5. The average molecular weight is 207 g/mol. The van der Waals surface area contributed by atoms with E-state index in [1.54, 1.807) is 0 Å². The van der Waals surface area contributed by atoms with Crippen molar-refractivity contribution in [3.8, 4) is 0 Å². The molecule has 0 fully saturated rings. The van der Waals surface area contributed by atoms with Crippen LogP contribution in [0.1, 0.15) is 16.4 Å². The highest BCUT2D eigenvalue weighted by molar-refractivity contribution is 6.03. The zero-order valence-electron chi connectivity index (χ0n) is 7.30. The van der Waals surface area contributed by atoms with E-state index in [0.29, 0.717) is 0 Å². The number of rotatable bonds is 3. The van der Waals surface area contributed by atoms with Gasteiger partial charge in [-0.05, 0) is 4.92 Å². The van der Waals surface area contributed by atoms with Crippen molar-refractivity contribution in [2.24, 2.45) is 0 Å². The average Bonchev–Trinajstić information content (AvgIpc) is 2.88. The molecule has 0 spiro atoms. The first-order valence-electron chi connectivity index (χ1n) is 3.92. The van der Waals surface area contributed by atoms with Gasteiger partial charge in [-0.15, -0.1) is 0 Å². The number of ketones is 1. The highest BCUT2D eigenvalue weighted by Gasteiger charge is 2.20. The molecule has 0 aliphatic carbocycles. The van der Waals surface area contributed by atoms with E-state index in [2.05, 4.69) is 19.9 Å². The van der Waals surface area contributed by atoms with Crippen molar-refractivity contribution in [3.05, 3.63) is 40.4 Å². The van der Waals surface area contributed by atoms with Crippen LogP contribution in [-0.4, -0.2) is 30.6 Å². The Morgan fingerprint density at radius 1 is 1.40 bits per heavy atom. The molecule has 0 saturated carbocycles. The quantitative estimate of drug-likeness (QED) is 0.425. The number of aromatic nitrogens is 4. The van der Waals surface area contributed by atoms with E-state index in [4.69, 9.17) is 0 Å². The lowest BCUT2D eigenvalue weighted by Gasteiger charge is -1.88. The van der Waals surface area contributed by atoms with E-state index < -0.39 is 10.7 Å². The van der Waals surface area contributed by atoms with E-state index in [1.807, 2.05) is 0 Å². The molecular weight excluding hydrogens is 202 g/mol. The molecule has 0 unspecified atom stereocenters. The van der Waals surface area contributed by atoms with E-state index in [9.17, 15) is 14.9 Å². The van der Waals surface area contributed by atoms with Crippen LogP contribution in [0.15, 0.2) is 18.6 Å². The molecule has 0 radical (unpaired) electrons. The van der Waals surface area contributed by atoms with Gasteiger partial charge in [0.05, 0.1) is 0 Å². The van der Waals surface area contributed by atoms with Gasteiger partial charge in [-0.3, -0.25) is 4.79 Å². The number of imidazole rings is 2. The monoisotopic (exact) mass is 207 g/mol. The van der Waals surface area contributed by atoms with Crippen molar-refractivity contribution in [2.75, 3.05) is 0 Å². The predicted molar refractivity (Wildman–Crippen MR) is 47.3 cm³/mol. The molecule has 0 saturated heterocycles. The van der Waals surface area contributed by atoms with Gasteiger partial charge in [-0.1, -0.05) is 0 Å². The number of aromatic amines is 2. The van der Waals surface area contributed by atoms with Crippen LogP contribution < -0.4 is 0 Å². The van der Waals surface area contributed by atoms with Gasteiger partial charge in [-0.25, -0.2) is 15.0 Å². The predicted octanol–water partition coefficient (Wildman–Crippen LogP) is 0.272. The third-order valence-electron chi connectivity index (χ3n) is 1.69. The van der Waals surface area contributed by atoms with E-state index in [1.165, 1.54) is 12.4 Å². The van der Waals surface area contributed by atoms with Crippen LogP contribution in [0.2, 0.25) is 0 Å². The Morgan fingerprint density at radius 2 is 2.20 bits per heavy atom. The van der Waals surface area contributed by atoms with E-state index in [-0.39, 0.29) is 17.5 Å². The number of nitrogens with zero attached hydrogens (tertiary/aromatic N) is 3. The largest absolute Gasteiger partial charge is 0.358 e. The van der Waals surface area contributed by atoms with Crippen LogP contribution in [-0.2, 0) is 0 Å². The Kier molecular flexibility index (Phi) is 2.01. The van der Waals surface area contributed by atoms with Crippen molar-refractivity contribution in [3.63, 3.8) is 0 Å². The lowest BCUT2D eigenvalue weighted by Crippen LogP contribution is -2.05. The summed E-state index contributed by atoms with van der Waals surface area (Å²) in [6.45, 7) is 0. The van der Waals surface area contributed by atoms with Gasteiger partial charge in [-0.2, -0.15) is 0 Å². The number of carbonyl (C=O) groups excluding carboxylic acids is 1. The summed E-state index contributed by atoms with van der Waals surface area (Å²) in [5, 5.41) is 10.3. The second-order valence-corrected chi connectivity index (χ2v) is 2.64. The van der Waals surface area contributed by atoms with Gasteiger partial charge in [0.25, 0.3) is 11.6 Å². The molecule has 2 N–H and O–H groups in total. The Hall–Kier alpha value is -2.51. The van der Waals surface area contributed by atoms with Crippen molar-refractivity contribution in [1.82, 2.24) is 19.9 Å². The normalized spacial score (nSPS) is 10.1. The summed E-state index contributed by atoms with van der Waals surface area (Å²) in [6.07, 6.45) is 3.87. The molecule has 0 atom stereocenters. The Balaban J connectivity index is 2.31. The molecular formula is C7H5N5O3. The van der Waals surface area contributed by atoms with Gasteiger partial charge >= 0.3 is 5.82 Å². The molecule has 76 valence electrons. The minimum atomic E-state index is -0.661.